The SMILES string of the molecule is CC(=O)N1CCCc2cc([C@H](O)CN3CCN(c4ccccc4)CC3)ccc21. The van der Waals surface area contributed by atoms with E-state index in [0.29, 0.717) is 6.54 Å². The van der Waals surface area contributed by atoms with Crippen LogP contribution >= 0.6 is 0 Å². The number of hydrogen-bond acceptors (Lipinski definition) is 4. The van der Waals surface area contributed by atoms with Crippen LogP contribution in [0.15, 0.2) is 48.5 Å². The van der Waals surface area contributed by atoms with E-state index in [9.17, 15) is 9.90 Å². The van der Waals surface area contributed by atoms with E-state index in [-0.39, 0.29) is 5.91 Å². The zero-order chi connectivity index (χ0) is 19.5. The van der Waals surface area contributed by atoms with Crippen molar-refractivity contribution in [3.05, 3.63) is 59.7 Å². The number of amides is 1. The molecule has 1 N–H and O–H groups in total. The van der Waals surface area contributed by atoms with E-state index in [4.69, 9.17) is 0 Å². The highest BCUT2D eigenvalue weighted by atomic mass is 16.3. The minimum Gasteiger partial charge on any atom is -0.387 e. The summed E-state index contributed by atoms with van der Waals surface area (Å²) in [6.07, 6.45) is 1.45. The van der Waals surface area contributed by atoms with E-state index in [0.717, 1.165) is 56.8 Å². The van der Waals surface area contributed by atoms with E-state index in [1.807, 2.05) is 23.1 Å². The van der Waals surface area contributed by atoms with Crippen molar-refractivity contribution >= 4 is 17.3 Å². The average Bonchev–Trinajstić information content (AvgIpc) is 2.74. The van der Waals surface area contributed by atoms with Gasteiger partial charge in [0.15, 0.2) is 0 Å². The Bertz CT molecular complexity index is 816. The highest BCUT2D eigenvalue weighted by molar-refractivity contribution is 5.92. The maximum absolute atomic E-state index is 11.8. The standard InChI is InChI=1S/C23H29N3O2/c1-18(27)26-11-5-6-19-16-20(9-10-22(19)26)23(28)17-24-12-14-25(15-13-24)21-7-3-2-4-8-21/h2-4,7-10,16,23,28H,5-6,11-15,17H2,1H3/t23-/m1/s1. The summed E-state index contributed by atoms with van der Waals surface area (Å²) in [4.78, 5) is 18.4. The number of carbonyl (C=O) groups is 1. The fourth-order valence-corrected chi connectivity index (χ4v) is 4.33. The first kappa shape index (κ1) is 19.0. The van der Waals surface area contributed by atoms with Crippen LogP contribution in [0, 0.1) is 0 Å². The van der Waals surface area contributed by atoms with Crippen molar-refractivity contribution < 1.29 is 9.90 Å². The molecule has 1 amide bonds. The van der Waals surface area contributed by atoms with Crippen molar-refractivity contribution in [1.82, 2.24) is 4.90 Å². The number of aliphatic hydroxyl groups is 1. The number of rotatable bonds is 4. The van der Waals surface area contributed by atoms with Crippen LogP contribution in [-0.4, -0.2) is 55.2 Å². The lowest BCUT2D eigenvalue weighted by molar-refractivity contribution is -0.116. The van der Waals surface area contributed by atoms with Gasteiger partial charge in [0, 0.05) is 57.6 Å². The molecule has 0 unspecified atom stereocenters. The van der Waals surface area contributed by atoms with Crippen molar-refractivity contribution in [2.45, 2.75) is 25.9 Å². The molecule has 5 heteroatoms. The third kappa shape index (κ3) is 4.05. The zero-order valence-corrected chi connectivity index (χ0v) is 16.6. The molecule has 0 spiro atoms. The van der Waals surface area contributed by atoms with Crippen LogP contribution in [0.25, 0.3) is 0 Å². The van der Waals surface area contributed by atoms with Gasteiger partial charge in [0.2, 0.25) is 5.91 Å². The lowest BCUT2D eigenvalue weighted by Gasteiger charge is -2.37. The Balaban J connectivity index is 1.37. The zero-order valence-electron chi connectivity index (χ0n) is 16.6. The predicted molar refractivity (Wildman–Crippen MR) is 113 cm³/mol. The van der Waals surface area contributed by atoms with E-state index >= 15 is 0 Å². The molecular formula is C23H29N3O2. The Morgan fingerprint density at radius 3 is 2.50 bits per heavy atom. The normalized spacial score (nSPS) is 18.6. The molecule has 4 rings (SSSR count). The molecule has 1 fully saturated rings. The van der Waals surface area contributed by atoms with Gasteiger partial charge in [-0.05, 0) is 42.2 Å². The monoisotopic (exact) mass is 379 g/mol. The van der Waals surface area contributed by atoms with E-state index < -0.39 is 6.10 Å². The molecule has 2 aromatic carbocycles. The summed E-state index contributed by atoms with van der Waals surface area (Å²) in [5.41, 5.74) is 4.40. The summed E-state index contributed by atoms with van der Waals surface area (Å²) >= 11 is 0. The molecule has 1 saturated heterocycles. The number of hydrogen-bond donors (Lipinski definition) is 1. The Kier molecular flexibility index (Phi) is 5.64. The number of anilines is 2. The maximum Gasteiger partial charge on any atom is 0.223 e. The second-order valence-electron chi connectivity index (χ2n) is 7.80. The number of aliphatic hydroxyl groups excluding tert-OH is 1. The highest BCUT2D eigenvalue weighted by Gasteiger charge is 2.23. The second kappa shape index (κ2) is 8.33. The fraction of sp³-hybridized carbons (Fsp3) is 0.435. The van der Waals surface area contributed by atoms with Crippen LogP contribution in [0.4, 0.5) is 11.4 Å². The molecule has 0 saturated carbocycles. The third-order valence-electron chi connectivity index (χ3n) is 5.91. The molecule has 28 heavy (non-hydrogen) atoms. The van der Waals surface area contributed by atoms with Gasteiger partial charge in [-0.2, -0.15) is 0 Å². The molecule has 0 radical (unpaired) electrons. The topological polar surface area (TPSA) is 47.0 Å². The first-order valence-electron chi connectivity index (χ1n) is 10.2. The van der Waals surface area contributed by atoms with Crippen LogP contribution in [0.1, 0.15) is 30.6 Å². The summed E-state index contributed by atoms with van der Waals surface area (Å²) in [5, 5.41) is 10.8. The molecule has 2 heterocycles. The Hall–Kier alpha value is -2.37. The molecule has 5 nitrogen and oxygen atoms in total. The van der Waals surface area contributed by atoms with E-state index in [1.165, 1.54) is 11.3 Å². The molecule has 0 aromatic heterocycles. The minimum absolute atomic E-state index is 0.0885. The number of β-amino-alcohol motifs (C(OH)–C–C–N with tert-alkyl or cyclic N) is 1. The van der Waals surface area contributed by atoms with Crippen molar-refractivity contribution in [3.8, 4) is 0 Å². The van der Waals surface area contributed by atoms with Crippen LogP contribution in [0.2, 0.25) is 0 Å². The fourth-order valence-electron chi connectivity index (χ4n) is 4.33. The Morgan fingerprint density at radius 2 is 1.79 bits per heavy atom. The van der Waals surface area contributed by atoms with Crippen molar-refractivity contribution in [2.24, 2.45) is 0 Å². The van der Waals surface area contributed by atoms with Crippen molar-refractivity contribution in [2.75, 3.05) is 49.1 Å². The summed E-state index contributed by atoms with van der Waals surface area (Å²) in [7, 11) is 0. The molecule has 0 aliphatic carbocycles. The average molecular weight is 380 g/mol. The predicted octanol–water partition coefficient (Wildman–Crippen LogP) is 2.84. The van der Waals surface area contributed by atoms with E-state index in [2.05, 4.69) is 40.1 Å². The number of nitrogens with zero attached hydrogens (tertiary/aromatic N) is 3. The molecular weight excluding hydrogens is 350 g/mol. The molecule has 1 atom stereocenters. The summed E-state index contributed by atoms with van der Waals surface area (Å²) < 4.78 is 0. The number of fused-ring (bicyclic) bond motifs is 1. The van der Waals surface area contributed by atoms with Gasteiger partial charge in [0.1, 0.15) is 0 Å². The van der Waals surface area contributed by atoms with Gasteiger partial charge in [-0.3, -0.25) is 9.69 Å². The van der Waals surface area contributed by atoms with Crippen molar-refractivity contribution in [1.29, 1.82) is 0 Å². The van der Waals surface area contributed by atoms with Gasteiger partial charge in [0.05, 0.1) is 6.10 Å². The highest BCUT2D eigenvalue weighted by Crippen LogP contribution is 2.30. The minimum atomic E-state index is -0.499. The van der Waals surface area contributed by atoms with Crippen LogP contribution in [-0.2, 0) is 11.2 Å². The molecule has 0 bridgehead atoms. The number of para-hydroxylation sites is 1. The summed E-state index contributed by atoms with van der Waals surface area (Å²) in [6, 6.07) is 16.6. The van der Waals surface area contributed by atoms with Gasteiger partial charge in [-0.25, -0.2) is 0 Å². The Morgan fingerprint density at radius 1 is 1.04 bits per heavy atom. The largest absolute Gasteiger partial charge is 0.387 e. The van der Waals surface area contributed by atoms with Crippen molar-refractivity contribution in [3.63, 3.8) is 0 Å². The van der Waals surface area contributed by atoms with Gasteiger partial charge >= 0.3 is 0 Å². The van der Waals surface area contributed by atoms with Gasteiger partial charge in [-0.1, -0.05) is 30.3 Å². The van der Waals surface area contributed by atoms with Crippen LogP contribution in [0.3, 0.4) is 0 Å². The van der Waals surface area contributed by atoms with Crippen LogP contribution in [0.5, 0.6) is 0 Å². The molecule has 2 aliphatic rings. The first-order chi connectivity index (χ1) is 13.6. The van der Waals surface area contributed by atoms with Gasteiger partial charge in [0.25, 0.3) is 0 Å². The number of aryl methyl sites for hydroxylation is 1. The number of benzene rings is 2. The van der Waals surface area contributed by atoms with E-state index in [1.54, 1.807) is 6.92 Å². The smallest absolute Gasteiger partial charge is 0.223 e. The summed E-state index contributed by atoms with van der Waals surface area (Å²) in [5.74, 6) is 0.0885. The van der Waals surface area contributed by atoms with Crippen LogP contribution < -0.4 is 9.80 Å². The summed E-state index contributed by atoms with van der Waals surface area (Å²) in [6.45, 7) is 6.92. The number of carbonyl (C=O) groups excluding carboxylic acids is 1. The molecule has 2 aliphatic heterocycles. The Labute approximate surface area is 167 Å². The van der Waals surface area contributed by atoms with Gasteiger partial charge < -0.3 is 14.9 Å². The maximum atomic E-state index is 11.8. The lowest BCUT2D eigenvalue weighted by Crippen LogP contribution is -2.47. The molecule has 148 valence electrons. The second-order valence-corrected chi connectivity index (χ2v) is 7.80. The quantitative estimate of drug-likeness (QED) is 0.887. The van der Waals surface area contributed by atoms with Gasteiger partial charge in [-0.15, -0.1) is 0 Å². The first-order valence-corrected chi connectivity index (χ1v) is 10.2. The lowest BCUT2D eigenvalue weighted by atomic mass is 9.97. The number of piperazine rings is 1. The third-order valence-corrected chi connectivity index (χ3v) is 5.91. The molecule has 2 aromatic rings.